The Kier molecular flexibility index (Phi) is 6.04. The number of thioether (sulfide) groups is 1. The topological polar surface area (TPSA) is 59.8 Å². The molecule has 0 saturated carbocycles. The van der Waals surface area contributed by atoms with E-state index >= 15 is 0 Å². The van der Waals surface area contributed by atoms with Crippen LogP contribution in [0.15, 0.2) is 59.9 Å². The van der Waals surface area contributed by atoms with E-state index in [0.29, 0.717) is 16.6 Å². The largest absolute Gasteiger partial charge is 0.324 e. The van der Waals surface area contributed by atoms with E-state index in [2.05, 4.69) is 27.4 Å². The highest BCUT2D eigenvalue weighted by atomic mass is 32.2. The van der Waals surface area contributed by atoms with Crippen LogP contribution in [0.3, 0.4) is 0 Å². The zero-order valence-corrected chi connectivity index (χ0v) is 18.5. The third kappa shape index (κ3) is 4.77. The van der Waals surface area contributed by atoms with E-state index in [9.17, 15) is 9.18 Å². The number of nitrogens with one attached hydrogen (secondary N) is 1. The number of nitrogens with zero attached hydrogens (tertiary/aromatic N) is 3. The van der Waals surface area contributed by atoms with Gasteiger partial charge in [0.05, 0.1) is 0 Å². The fourth-order valence-electron chi connectivity index (χ4n) is 3.62. The summed E-state index contributed by atoms with van der Waals surface area (Å²) in [7, 11) is 0. The Labute approximate surface area is 184 Å². The number of carbonyl (C=O) groups excluding carboxylic acids is 1. The molecule has 5 nitrogen and oxygen atoms in total. The Morgan fingerprint density at radius 1 is 1.10 bits per heavy atom. The lowest BCUT2D eigenvalue weighted by atomic mass is 10.1. The maximum Gasteiger partial charge on any atom is 0.244 e. The molecule has 1 amide bonds. The number of halogens is 1. The van der Waals surface area contributed by atoms with E-state index < -0.39 is 0 Å². The van der Waals surface area contributed by atoms with Gasteiger partial charge in [0.2, 0.25) is 5.91 Å². The van der Waals surface area contributed by atoms with Crippen molar-refractivity contribution in [3.05, 3.63) is 82.8 Å². The molecule has 0 radical (unpaired) electrons. The molecule has 0 unspecified atom stereocenters. The number of anilines is 1. The lowest BCUT2D eigenvalue weighted by Crippen LogP contribution is -2.20. The van der Waals surface area contributed by atoms with Crippen molar-refractivity contribution >= 4 is 34.5 Å². The summed E-state index contributed by atoms with van der Waals surface area (Å²) >= 11 is 1.50. The van der Waals surface area contributed by atoms with E-state index in [0.717, 1.165) is 33.5 Å². The summed E-state index contributed by atoms with van der Waals surface area (Å²) < 4.78 is 15.0. The summed E-state index contributed by atoms with van der Waals surface area (Å²) in [6, 6.07) is 14.2. The molecule has 2 heterocycles. The molecule has 0 aliphatic heterocycles. The molecule has 31 heavy (non-hydrogen) atoms. The van der Waals surface area contributed by atoms with Gasteiger partial charge in [-0.15, -0.1) is 0 Å². The van der Waals surface area contributed by atoms with Crippen LogP contribution in [-0.4, -0.2) is 20.4 Å². The van der Waals surface area contributed by atoms with Gasteiger partial charge in [0.15, 0.2) is 10.8 Å². The van der Waals surface area contributed by atoms with Crippen molar-refractivity contribution in [2.75, 3.05) is 5.32 Å². The molecule has 0 spiro atoms. The smallest absolute Gasteiger partial charge is 0.244 e. The molecule has 1 N–H and O–H groups in total. The van der Waals surface area contributed by atoms with Crippen LogP contribution in [0.5, 0.6) is 0 Å². The molecule has 0 saturated heterocycles. The predicted octanol–water partition coefficient (Wildman–Crippen LogP) is 5.43. The van der Waals surface area contributed by atoms with Crippen LogP contribution in [0.2, 0.25) is 0 Å². The van der Waals surface area contributed by atoms with Gasteiger partial charge >= 0.3 is 0 Å². The van der Waals surface area contributed by atoms with Crippen molar-refractivity contribution in [1.82, 2.24) is 14.5 Å². The summed E-state index contributed by atoms with van der Waals surface area (Å²) in [5.41, 5.74) is 6.45. The summed E-state index contributed by atoms with van der Waals surface area (Å²) in [6.07, 6.45) is 1.70. The normalized spacial score (nSPS) is 11.1. The molecular formula is C24H23FN4OS. The molecule has 4 aromatic rings. The van der Waals surface area contributed by atoms with Crippen LogP contribution >= 0.6 is 11.8 Å². The molecule has 158 valence electrons. The lowest BCUT2D eigenvalue weighted by Gasteiger charge is -2.14. The van der Waals surface area contributed by atoms with Gasteiger partial charge in [0.1, 0.15) is 17.9 Å². The number of aromatic nitrogens is 3. The van der Waals surface area contributed by atoms with Crippen molar-refractivity contribution in [1.29, 1.82) is 0 Å². The van der Waals surface area contributed by atoms with E-state index in [4.69, 9.17) is 0 Å². The monoisotopic (exact) mass is 434 g/mol. The molecule has 0 fully saturated rings. The number of benzene rings is 2. The number of hydrogen-bond acceptors (Lipinski definition) is 4. The first kappa shape index (κ1) is 21.1. The van der Waals surface area contributed by atoms with Gasteiger partial charge in [-0.05, 0) is 61.7 Å². The molecule has 0 atom stereocenters. The van der Waals surface area contributed by atoms with Crippen LogP contribution < -0.4 is 5.32 Å². The van der Waals surface area contributed by atoms with Gasteiger partial charge in [0.25, 0.3) is 0 Å². The van der Waals surface area contributed by atoms with Crippen LogP contribution in [0.4, 0.5) is 10.1 Å². The minimum absolute atomic E-state index is 0.103. The Morgan fingerprint density at radius 2 is 1.81 bits per heavy atom. The van der Waals surface area contributed by atoms with Crippen LogP contribution in [0.25, 0.3) is 11.2 Å². The van der Waals surface area contributed by atoms with Crippen molar-refractivity contribution in [3.63, 3.8) is 0 Å². The molecule has 2 aromatic carbocycles. The number of amides is 1. The first-order chi connectivity index (χ1) is 14.9. The SMILES string of the molecule is Cc1cc(C)c(NC(=O)Cn2c(SCc3ccc(F)cc3)nc3cccnc32)c(C)c1. The first-order valence-corrected chi connectivity index (χ1v) is 11.0. The number of imidazole rings is 1. The third-order valence-corrected chi connectivity index (χ3v) is 6.04. The molecule has 0 bridgehead atoms. The van der Waals surface area contributed by atoms with E-state index in [1.54, 1.807) is 18.3 Å². The Bertz CT molecular complexity index is 1230. The van der Waals surface area contributed by atoms with Gasteiger partial charge in [-0.25, -0.2) is 14.4 Å². The van der Waals surface area contributed by atoms with Crippen LogP contribution in [0, 0.1) is 26.6 Å². The fraction of sp³-hybridized carbons (Fsp3) is 0.208. The number of fused-ring (bicyclic) bond motifs is 1. The summed E-state index contributed by atoms with van der Waals surface area (Å²) in [6.45, 7) is 6.13. The molecule has 4 rings (SSSR count). The number of pyridine rings is 1. The minimum atomic E-state index is -0.261. The van der Waals surface area contributed by atoms with Gasteiger partial charge in [-0.3, -0.25) is 9.36 Å². The average molecular weight is 435 g/mol. The van der Waals surface area contributed by atoms with E-state index in [-0.39, 0.29) is 18.3 Å². The lowest BCUT2D eigenvalue weighted by molar-refractivity contribution is -0.116. The summed E-state index contributed by atoms with van der Waals surface area (Å²) in [5.74, 6) is 0.216. The van der Waals surface area contributed by atoms with Crippen molar-refractivity contribution < 1.29 is 9.18 Å². The number of hydrogen-bond donors (Lipinski definition) is 1. The van der Waals surface area contributed by atoms with Crippen molar-refractivity contribution in [3.8, 4) is 0 Å². The van der Waals surface area contributed by atoms with Crippen molar-refractivity contribution in [2.24, 2.45) is 0 Å². The second-order valence-corrected chi connectivity index (χ2v) is 8.51. The quantitative estimate of drug-likeness (QED) is 0.411. The zero-order valence-electron chi connectivity index (χ0n) is 17.6. The molecule has 2 aromatic heterocycles. The fourth-order valence-corrected chi connectivity index (χ4v) is 4.58. The Balaban J connectivity index is 1.58. The minimum Gasteiger partial charge on any atom is -0.324 e. The van der Waals surface area contributed by atoms with Gasteiger partial charge in [-0.1, -0.05) is 41.6 Å². The highest BCUT2D eigenvalue weighted by Crippen LogP contribution is 2.27. The molecular weight excluding hydrogens is 411 g/mol. The maximum absolute atomic E-state index is 13.2. The Hall–Kier alpha value is -3.19. The number of rotatable bonds is 6. The van der Waals surface area contributed by atoms with Crippen LogP contribution in [-0.2, 0) is 17.1 Å². The third-order valence-electron chi connectivity index (χ3n) is 4.99. The van der Waals surface area contributed by atoms with Crippen molar-refractivity contribution in [2.45, 2.75) is 38.2 Å². The first-order valence-electron chi connectivity index (χ1n) is 9.97. The summed E-state index contributed by atoms with van der Waals surface area (Å²) in [4.78, 5) is 22.0. The second-order valence-electron chi connectivity index (χ2n) is 7.56. The summed E-state index contributed by atoms with van der Waals surface area (Å²) in [5, 5.41) is 3.75. The highest BCUT2D eigenvalue weighted by molar-refractivity contribution is 7.98. The molecule has 7 heteroatoms. The van der Waals surface area contributed by atoms with E-state index in [1.165, 1.54) is 23.9 Å². The number of aryl methyl sites for hydroxylation is 3. The second kappa shape index (κ2) is 8.89. The molecule has 0 aliphatic carbocycles. The van der Waals surface area contributed by atoms with Gasteiger partial charge in [-0.2, -0.15) is 0 Å². The Morgan fingerprint density at radius 3 is 2.52 bits per heavy atom. The van der Waals surface area contributed by atoms with Crippen LogP contribution in [0.1, 0.15) is 22.3 Å². The molecule has 0 aliphatic rings. The van der Waals surface area contributed by atoms with E-state index in [1.807, 2.05) is 37.5 Å². The zero-order chi connectivity index (χ0) is 22.0. The average Bonchev–Trinajstić information content (AvgIpc) is 3.08. The predicted molar refractivity (Wildman–Crippen MR) is 123 cm³/mol. The number of carbonyl (C=O) groups is 1. The standard InChI is InChI=1S/C24H23FN4OS/c1-15-11-16(2)22(17(3)12-15)28-21(30)13-29-23-20(5-4-10-26-23)27-24(29)31-14-18-6-8-19(25)9-7-18/h4-12H,13-14H2,1-3H3,(H,28,30). The highest BCUT2D eigenvalue weighted by Gasteiger charge is 2.16. The van der Waals surface area contributed by atoms with Gasteiger partial charge in [0, 0.05) is 17.6 Å². The van der Waals surface area contributed by atoms with Gasteiger partial charge < -0.3 is 5.32 Å². The maximum atomic E-state index is 13.2.